The third-order valence-corrected chi connectivity index (χ3v) is 2.51. The molecule has 0 amide bonds. The number of imidazole rings is 1. The van der Waals surface area contributed by atoms with Crippen LogP contribution < -0.4 is 5.73 Å². The van der Waals surface area contributed by atoms with Crippen molar-refractivity contribution in [2.75, 3.05) is 0 Å². The van der Waals surface area contributed by atoms with Crippen molar-refractivity contribution in [3.05, 3.63) is 53.9 Å². The van der Waals surface area contributed by atoms with Gasteiger partial charge in [-0.15, -0.1) is 0 Å². The summed E-state index contributed by atoms with van der Waals surface area (Å²) in [7, 11) is 0. The minimum Gasteiger partial charge on any atom is -0.329 e. The van der Waals surface area contributed by atoms with Crippen LogP contribution in [0.25, 0.3) is 0 Å². The standard InChI is InChI=1S/C12H14FN3/c1-9(14)12-6-15-8-16(12)7-10-4-2-3-5-11(10)13/h2-6,8-9H,7,14H2,1H3/t9-/m0/s1. The van der Waals surface area contributed by atoms with E-state index in [1.54, 1.807) is 24.7 Å². The average molecular weight is 219 g/mol. The van der Waals surface area contributed by atoms with Crippen molar-refractivity contribution in [1.82, 2.24) is 9.55 Å². The summed E-state index contributed by atoms with van der Waals surface area (Å²) in [6.45, 7) is 2.35. The fourth-order valence-corrected chi connectivity index (χ4v) is 1.65. The molecule has 1 heterocycles. The molecule has 2 rings (SSSR count). The first-order valence-corrected chi connectivity index (χ1v) is 5.17. The van der Waals surface area contributed by atoms with Gasteiger partial charge in [-0.1, -0.05) is 18.2 Å². The number of rotatable bonds is 3. The fourth-order valence-electron chi connectivity index (χ4n) is 1.65. The number of aromatic nitrogens is 2. The molecule has 84 valence electrons. The number of hydrogen-bond donors (Lipinski definition) is 1. The van der Waals surface area contributed by atoms with Crippen molar-refractivity contribution in [2.45, 2.75) is 19.5 Å². The second-order valence-corrected chi connectivity index (χ2v) is 3.83. The maximum absolute atomic E-state index is 13.4. The highest BCUT2D eigenvalue weighted by Crippen LogP contribution is 2.13. The Labute approximate surface area is 93.7 Å². The van der Waals surface area contributed by atoms with Crippen LogP contribution in [0, 0.1) is 5.82 Å². The highest BCUT2D eigenvalue weighted by molar-refractivity contribution is 5.19. The van der Waals surface area contributed by atoms with E-state index in [4.69, 9.17) is 5.73 Å². The van der Waals surface area contributed by atoms with Gasteiger partial charge in [0.05, 0.1) is 18.6 Å². The molecule has 0 unspecified atom stereocenters. The van der Waals surface area contributed by atoms with Crippen LogP contribution in [0.4, 0.5) is 4.39 Å². The first kappa shape index (κ1) is 10.8. The van der Waals surface area contributed by atoms with E-state index in [0.717, 1.165) is 5.69 Å². The molecular weight excluding hydrogens is 205 g/mol. The van der Waals surface area contributed by atoms with Crippen molar-refractivity contribution >= 4 is 0 Å². The fraction of sp³-hybridized carbons (Fsp3) is 0.250. The predicted molar refractivity (Wildman–Crippen MR) is 60.3 cm³/mol. The minimum absolute atomic E-state index is 0.103. The molecule has 2 aromatic rings. The average Bonchev–Trinajstić information content (AvgIpc) is 2.69. The van der Waals surface area contributed by atoms with Crippen LogP contribution in [0.3, 0.4) is 0 Å². The number of halogens is 1. The zero-order valence-electron chi connectivity index (χ0n) is 9.10. The molecule has 0 aliphatic carbocycles. The van der Waals surface area contributed by atoms with Crippen molar-refractivity contribution in [3.8, 4) is 0 Å². The Kier molecular flexibility index (Phi) is 3.01. The van der Waals surface area contributed by atoms with Gasteiger partial charge in [0.15, 0.2) is 0 Å². The van der Waals surface area contributed by atoms with Gasteiger partial charge in [0.25, 0.3) is 0 Å². The van der Waals surface area contributed by atoms with Gasteiger partial charge in [0.2, 0.25) is 0 Å². The van der Waals surface area contributed by atoms with E-state index in [-0.39, 0.29) is 11.9 Å². The summed E-state index contributed by atoms with van der Waals surface area (Å²) in [5.41, 5.74) is 7.34. The molecule has 3 nitrogen and oxygen atoms in total. The lowest BCUT2D eigenvalue weighted by atomic mass is 10.2. The smallest absolute Gasteiger partial charge is 0.128 e. The van der Waals surface area contributed by atoms with Crippen LogP contribution in [0.15, 0.2) is 36.8 Å². The molecule has 1 aromatic heterocycles. The molecule has 0 saturated carbocycles. The molecule has 0 bridgehead atoms. The second-order valence-electron chi connectivity index (χ2n) is 3.83. The molecular formula is C12H14FN3. The van der Waals surface area contributed by atoms with Crippen LogP contribution in [0.1, 0.15) is 24.2 Å². The third-order valence-electron chi connectivity index (χ3n) is 2.51. The molecule has 0 aliphatic rings. The Balaban J connectivity index is 2.27. The molecule has 1 aromatic carbocycles. The molecule has 16 heavy (non-hydrogen) atoms. The van der Waals surface area contributed by atoms with Crippen molar-refractivity contribution in [2.24, 2.45) is 5.73 Å². The van der Waals surface area contributed by atoms with E-state index in [1.165, 1.54) is 6.07 Å². The van der Waals surface area contributed by atoms with E-state index < -0.39 is 0 Å². The largest absolute Gasteiger partial charge is 0.329 e. The highest BCUT2D eigenvalue weighted by atomic mass is 19.1. The monoisotopic (exact) mass is 219 g/mol. The van der Waals surface area contributed by atoms with Crippen LogP contribution in [0.5, 0.6) is 0 Å². The summed E-state index contributed by atoms with van der Waals surface area (Å²) in [5.74, 6) is -0.202. The summed E-state index contributed by atoms with van der Waals surface area (Å²) in [6.07, 6.45) is 3.39. The summed E-state index contributed by atoms with van der Waals surface area (Å²) in [5, 5.41) is 0. The van der Waals surface area contributed by atoms with Gasteiger partial charge in [0.1, 0.15) is 5.82 Å². The van der Waals surface area contributed by atoms with Gasteiger partial charge in [-0.25, -0.2) is 9.37 Å². The van der Waals surface area contributed by atoms with E-state index in [1.807, 2.05) is 17.6 Å². The van der Waals surface area contributed by atoms with Crippen molar-refractivity contribution < 1.29 is 4.39 Å². The molecule has 2 N–H and O–H groups in total. The predicted octanol–water partition coefficient (Wildman–Crippen LogP) is 2.09. The van der Waals surface area contributed by atoms with Crippen LogP contribution in [-0.4, -0.2) is 9.55 Å². The first-order chi connectivity index (χ1) is 7.68. The van der Waals surface area contributed by atoms with Gasteiger partial charge >= 0.3 is 0 Å². The third kappa shape index (κ3) is 2.12. The minimum atomic E-state index is -0.202. The van der Waals surface area contributed by atoms with Gasteiger partial charge in [0, 0.05) is 17.8 Å². The van der Waals surface area contributed by atoms with Crippen LogP contribution in [0.2, 0.25) is 0 Å². The van der Waals surface area contributed by atoms with E-state index in [2.05, 4.69) is 4.98 Å². The summed E-state index contributed by atoms with van der Waals surface area (Å²) >= 11 is 0. The van der Waals surface area contributed by atoms with Gasteiger partial charge in [-0.3, -0.25) is 0 Å². The second kappa shape index (κ2) is 4.45. The Morgan fingerprint density at radius 2 is 2.19 bits per heavy atom. The topological polar surface area (TPSA) is 43.8 Å². The lowest BCUT2D eigenvalue weighted by Gasteiger charge is -2.11. The molecule has 0 fully saturated rings. The summed E-state index contributed by atoms with van der Waals surface area (Å²) in [4.78, 5) is 4.03. The molecule has 4 heteroatoms. The maximum atomic E-state index is 13.4. The van der Waals surface area contributed by atoms with E-state index in [9.17, 15) is 4.39 Å². The van der Waals surface area contributed by atoms with E-state index >= 15 is 0 Å². The SMILES string of the molecule is C[C@H](N)c1cncn1Cc1ccccc1F. The molecule has 1 atom stereocenters. The number of hydrogen-bond acceptors (Lipinski definition) is 2. The Morgan fingerprint density at radius 3 is 2.88 bits per heavy atom. The quantitative estimate of drug-likeness (QED) is 0.859. The summed E-state index contributed by atoms with van der Waals surface area (Å²) < 4.78 is 15.3. The van der Waals surface area contributed by atoms with E-state index in [0.29, 0.717) is 12.1 Å². The van der Waals surface area contributed by atoms with Gasteiger partial charge in [-0.2, -0.15) is 0 Å². The zero-order chi connectivity index (χ0) is 11.5. The summed E-state index contributed by atoms with van der Waals surface area (Å²) in [6, 6.07) is 6.62. The molecule has 0 aliphatic heterocycles. The Hall–Kier alpha value is -1.68. The van der Waals surface area contributed by atoms with Gasteiger partial charge in [-0.05, 0) is 13.0 Å². The zero-order valence-corrected chi connectivity index (χ0v) is 9.10. The highest BCUT2D eigenvalue weighted by Gasteiger charge is 2.08. The lowest BCUT2D eigenvalue weighted by molar-refractivity contribution is 0.589. The Bertz CT molecular complexity index is 477. The van der Waals surface area contributed by atoms with Gasteiger partial charge < -0.3 is 10.3 Å². The van der Waals surface area contributed by atoms with Crippen molar-refractivity contribution in [3.63, 3.8) is 0 Å². The number of nitrogens with two attached hydrogens (primary N) is 1. The number of benzene rings is 1. The lowest BCUT2D eigenvalue weighted by Crippen LogP contribution is -2.12. The molecule has 0 spiro atoms. The maximum Gasteiger partial charge on any atom is 0.128 e. The normalized spacial score (nSPS) is 12.7. The van der Waals surface area contributed by atoms with Crippen LogP contribution >= 0.6 is 0 Å². The first-order valence-electron chi connectivity index (χ1n) is 5.17. The molecule has 0 saturated heterocycles. The Morgan fingerprint density at radius 1 is 1.44 bits per heavy atom. The number of nitrogens with zero attached hydrogens (tertiary/aromatic N) is 2. The van der Waals surface area contributed by atoms with Crippen LogP contribution in [-0.2, 0) is 6.54 Å². The molecule has 0 radical (unpaired) electrons. The van der Waals surface area contributed by atoms with Crippen molar-refractivity contribution in [1.29, 1.82) is 0 Å².